The van der Waals surface area contributed by atoms with Crippen LogP contribution in [-0.4, -0.2) is 10.2 Å². The molecule has 1 aromatic heterocycles. The normalized spacial score (nSPS) is 10.5. The van der Waals surface area contributed by atoms with Crippen molar-refractivity contribution in [1.82, 2.24) is 10.2 Å². The number of hydrogen-bond donors (Lipinski definition) is 1. The molecule has 0 amide bonds. The van der Waals surface area contributed by atoms with Gasteiger partial charge in [0.15, 0.2) is 5.82 Å². The predicted molar refractivity (Wildman–Crippen MR) is 77.0 cm³/mol. The van der Waals surface area contributed by atoms with Gasteiger partial charge in [-0.1, -0.05) is 34.1 Å². The first-order chi connectivity index (χ1) is 8.83. The van der Waals surface area contributed by atoms with Crippen molar-refractivity contribution in [3.63, 3.8) is 0 Å². The summed E-state index contributed by atoms with van der Waals surface area (Å²) in [4.78, 5) is 0. The molecular weight excluding hydrogens is 290 g/mol. The highest BCUT2D eigenvalue weighted by Gasteiger charge is 2.03. The molecule has 0 bridgehead atoms. The van der Waals surface area contributed by atoms with Crippen LogP contribution in [0.15, 0.2) is 59.2 Å². The topological polar surface area (TPSA) is 37.8 Å². The summed E-state index contributed by atoms with van der Waals surface area (Å²) in [6.07, 6.45) is 1.76. The van der Waals surface area contributed by atoms with E-state index in [1.165, 1.54) is 0 Å². The van der Waals surface area contributed by atoms with Crippen LogP contribution in [0.3, 0.4) is 0 Å². The molecule has 3 aromatic rings. The molecule has 0 fully saturated rings. The summed E-state index contributed by atoms with van der Waals surface area (Å²) in [5, 5.41) is 13.6. The number of aromatic nitrogens is 2. The lowest BCUT2D eigenvalue weighted by Crippen LogP contribution is -1.96. The minimum absolute atomic E-state index is 0.770. The average molecular weight is 300 g/mol. The summed E-state index contributed by atoms with van der Waals surface area (Å²) in [5.74, 6) is 0.770. The molecule has 0 aliphatic heterocycles. The number of benzene rings is 2. The minimum atomic E-state index is 0.770. The number of nitrogens with zero attached hydrogens (tertiary/aromatic N) is 2. The molecule has 4 heteroatoms. The van der Waals surface area contributed by atoms with Gasteiger partial charge in [0.05, 0.1) is 6.20 Å². The highest BCUT2D eigenvalue weighted by Crippen LogP contribution is 2.25. The van der Waals surface area contributed by atoms with Gasteiger partial charge in [-0.05, 0) is 30.3 Å². The maximum Gasteiger partial charge on any atom is 0.160 e. The van der Waals surface area contributed by atoms with Gasteiger partial charge < -0.3 is 5.32 Å². The number of para-hydroxylation sites is 1. The van der Waals surface area contributed by atoms with Crippen LogP contribution in [-0.2, 0) is 0 Å². The van der Waals surface area contributed by atoms with Crippen molar-refractivity contribution >= 4 is 38.2 Å². The lowest BCUT2D eigenvalue weighted by molar-refractivity contribution is 1.05. The van der Waals surface area contributed by atoms with Gasteiger partial charge in [0.25, 0.3) is 0 Å². The quantitative estimate of drug-likeness (QED) is 0.773. The highest BCUT2D eigenvalue weighted by molar-refractivity contribution is 9.10. The molecule has 0 aliphatic rings. The van der Waals surface area contributed by atoms with Crippen LogP contribution in [0.4, 0.5) is 11.5 Å². The van der Waals surface area contributed by atoms with Gasteiger partial charge in [-0.3, -0.25) is 0 Å². The average Bonchev–Trinajstić information content (AvgIpc) is 2.40. The summed E-state index contributed by atoms with van der Waals surface area (Å²) >= 11 is 3.46. The zero-order valence-electron chi connectivity index (χ0n) is 9.47. The van der Waals surface area contributed by atoms with E-state index in [1.54, 1.807) is 6.20 Å². The summed E-state index contributed by atoms with van der Waals surface area (Å²) in [6, 6.07) is 16.0. The van der Waals surface area contributed by atoms with Gasteiger partial charge >= 0.3 is 0 Å². The van der Waals surface area contributed by atoms with Crippen LogP contribution in [0, 0.1) is 0 Å². The van der Waals surface area contributed by atoms with Crippen LogP contribution in [0.1, 0.15) is 0 Å². The maximum atomic E-state index is 4.16. The van der Waals surface area contributed by atoms with Crippen molar-refractivity contribution in [3.05, 3.63) is 59.2 Å². The number of nitrogens with one attached hydrogen (secondary N) is 1. The molecule has 0 unspecified atom stereocenters. The van der Waals surface area contributed by atoms with E-state index in [-0.39, 0.29) is 0 Å². The van der Waals surface area contributed by atoms with Crippen molar-refractivity contribution < 1.29 is 0 Å². The number of halogens is 1. The molecular formula is C14H10BrN3. The smallest absolute Gasteiger partial charge is 0.160 e. The molecule has 0 atom stereocenters. The molecule has 0 aliphatic carbocycles. The van der Waals surface area contributed by atoms with Gasteiger partial charge in [0, 0.05) is 20.9 Å². The Hall–Kier alpha value is -1.94. The van der Waals surface area contributed by atoms with E-state index in [1.807, 2.05) is 48.5 Å². The van der Waals surface area contributed by atoms with Crippen molar-refractivity contribution in [3.8, 4) is 0 Å². The second kappa shape index (κ2) is 4.74. The summed E-state index contributed by atoms with van der Waals surface area (Å²) in [7, 11) is 0. The summed E-state index contributed by atoms with van der Waals surface area (Å²) < 4.78 is 1.04. The molecule has 3 nitrogen and oxygen atoms in total. The Balaban J connectivity index is 2.07. The zero-order chi connectivity index (χ0) is 12.4. The predicted octanol–water partition coefficient (Wildman–Crippen LogP) is 4.14. The number of hydrogen-bond acceptors (Lipinski definition) is 3. The second-order valence-corrected chi connectivity index (χ2v) is 4.83. The van der Waals surface area contributed by atoms with E-state index in [0.29, 0.717) is 0 Å². The number of fused-ring (bicyclic) bond motifs is 1. The van der Waals surface area contributed by atoms with E-state index < -0.39 is 0 Å². The lowest BCUT2D eigenvalue weighted by atomic mass is 10.2. The first-order valence-corrected chi connectivity index (χ1v) is 6.35. The Kier molecular flexibility index (Phi) is 2.94. The molecule has 0 radical (unpaired) electrons. The second-order valence-electron chi connectivity index (χ2n) is 3.92. The van der Waals surface area contributed by atoms with Gasteiger partial charge in [-0.15, -0.1) is 5.10 Å². The third-order valence-corrected chi connectivity index (χ3v) is 3.15. The van der Waals surface area contributed by atoms with E-state index >= 15 is 0 Å². The molecule has 88 valence electrons. The van der Waals surface area contributed by atoms with Crippen LogP contribution in [0.25, 0.3) is 10.8 Å². The molecule has 1 N–H and O–H groups in total. The largest absolute Gasteiger partial charge is 0.338 e. The summed E-state index contributed by atoms with van der Waals surface area (Å²) in [6.45, 7) is 0. The molecule has 2 aromatic carbocycles. The molecule has 0 spiro atoms. The molecule has 18 heavy (non-hydrogen) atoms. The fourth-order valence-electron chi connectivity index (χ4n) is 1.81. The highest BCUT2D eigenvalue weighted by atomic mass is 79.9. The fourth-order valence-corrected chi connectivity index (χ4v) is 2.19. The maximum absolute atomic E-state index is 4.16. The Labute approximate surface area is 113 Å². The Morgan fingerprint density at radius 1 is 1.00 bits per heavy atom. The minimum Gasteiger partial charge on any atom is -0.338 e. The number of anilines is 2. The van der Waals surface area contributed by atoms with E-state index in [2.05, 4.69) is 31.4 Å². The molecule has 1 heterocycles. The van der Waals surface area contributed by atoms with E-state index in [0.717, 1.165) is 26.8 Å². The van der Waals surface area contributed by atoms with Crippen LogP contribution in [0.2, 0.25) is 0 Å². The standard InChI is InChI=1S/C14H10BrN3/c15-11-6-7-13-10(8-11)9-16-18-14(13)17-12-4-2-1-3-5-12/h1-9H,(H,17,18). The van der Waals surface area contributed by atoms with Gasteiger partial charge in [0.1, 0.15) is 0 Å². The molecule has 0 saturated heterocycles. The monoisotopic (exact) mass is 299 g/mol. The van der Waals surface area contributed by atoms with E-state index in [4.69, 9.17) is 0 Å². The third-order valence-electron chi connectivity index (χ3n) is 2.66. The molecule has 0 saturated carbocycles. The SMILES string of the molecule is Brc1ccc2c(Nc3ccccc3)nncc2c1. The van der Waals surface area contributed by atoms with Crippen LogP contribution < -0.4 is 5.32 Å². The third kappa shape index (κ3) is 2.19. The molecule has 3 rings (SSSR count). The van der Waals surface area contributed by atoms with Crippen molar-refractivity contribution in [2.75, 3.05) is 5.32 Å². The first-order valence-electron chi connectivity index (χ1n) is 5.56. The van der Waals surface area contributed by atoms with Gasteiger partial charge in [-0.2, -0.15) is 5.10 Å². The Morgan fingerprint density at radius 2 is 1.83 bits per heavy atom. The van der Waals surface area contributed by atoms with Crippen LogP contribution >= 0.6 is 15.9 Å². The lowest BCUT2D eigenvalue weighted by Gasteiger charge is -2.07. The van der Waals surface area contributed by atoms with Gasteiger partial charge in [-0.25, -0.2) is 0 Å². The Morgan fingerprint density at radius 3 is 2.67 bits per heavy atom. The summed E-state index contributed by atoms with van der Waals surface area (Å²) in [5.41, 5.74) is 1.00. The number of rotatable bonds is 2. The fraction of sp³-hybridized carbons (Fsp3) is 0. The zero-order valence-corrected chi connectivity index (χ0v) is 11.1. The Bertz CT molecular complexity index is 683. The van der Waals surface area contributed by atoms with Crippen molar-refractivity contribution in [1.29, 1.82) is 0 Å². The van der Waals surface area contributed by atoms with Crippen molar-refractivity contribution in [2.24, 2.45) is 0 Å². The van der Waals surface area contributed by atoms with Crippen LogP contribution in [0.5, 0.6) is 0 Å². The first kappa shape index (κ1) is 11.2. The van der Waals surface area contributed by atoms with Gasteiger partial charge in [0.2, 0.25) is 0 Å². The van der Waals surface area contributed by atoms with Crippen molar-refractivity contribution in [2.45, 2.75) is 0 Å². The van der Waals surface area contributed by atoms with E-state index in [9.17, 15) is 0 Å².